The molecule has 0 atom stereocenters. The maximum atomic E-state index is 11.8. The molecular weight excluding hydrogens is 232 g/mol. The Labute approximate surface area is 108 Å². The van der Waals surface area contributed by atoms with Crippen molar-refractivity contribution in [1.29, 1.82) is 0 Å². The Kier molecular flexibility index (Phi) is 5.91. The molecule has 1 aromatic rings. The lowest BCUT2D eigenvalue weighted by Crippen LogP contribution is -2.21. The first kappa shape index (κ1) is 13.9. The monoisotopic (exact) mass is 252 g/mol. The predicted molar refractivity (Wildman–Crippen MR) is 75.9 cm³/mol. The molecule has 0 spiro atoms. The van der Waals surface area contributed by atoms with Gasteiger partial charge in [-0.25, -0.2) is 0 Å². The molecule has 0 aliphatic carbocycles. The maximum absolute atomic E-state index is 11.8. The third-order valence-electron chi connectivity index (χ3n) is 2.37. The van der Waals surface area contributed by atoms with Crippen molar-refractivity contribution in [2.75, 3.05) is 38.0 Å². The van der Waals surface area contributed by atoms with Crippen molar-refractivity contribution >= 4 is 23.4 Å². The summed E-state index contributed by atoms with van der Waals surface area (Å²) in [5.41, 5.74) is 1.74. The summed E-state index contributed by atoms with van der Waals surface area (Å²) in [5.74, 6) is 1.20. The summed E-state index contributed by atoms with van der Waals surface area (Å²) in [4.78, 5) is 13.4. The van der Waals surface area contributed by atoms with Crippen LogP contribution in [-0.2, 0) is 0 Å². The summed E-state index contributed by atoms with van der Waals surface area (Å²) >= 11 is 1.85. The Balaban J connectivity index is 2.57. The highest BCUT2D eigenvalue weighted by Crippen LogP contribution is 2.12. The van der Waals surface area contributed by atoms with Crippen LogP contribution in [0.4, 0.5) is 5.69 Å². The molecule has 4 heteroatoms. The molecule has 94 valence electrons. The zero-order valence-corrected chi connectivity index (χ0v) is 11.5. The van der Waals surface area contributed by atoms with E-state index in [0.29, 0.717) is 0 Å². The van der Waals surface area contributed by atoms with Gasteiger partial charge in [-0.2, -0.15) is 11.8 Å². The Morgan fingerprint density at radius 1 is 1.41 bits per heavy atom. The molecule has 1 rings (SSSR count). The molecule has 0 heterocycles. The molecule has 0 bridgehead atoms. The van der Waals surface area contributed by atoms with Crippen LogP contribution in [0, 0.1) is 0 Å². The number of rotatable bonds is 6. The zero-order chi connectivity index (χ0) is 12.7. The topological polar surface area (TPSA) is 32.3 Å². The number of hydrogen-bond acceptors (Lipinski definition) is 3. The van der Waals surface area contributed by atoms with Crippen LogP contribution < -0.4 is 5.32 Å². The van der Waals surface area contributed by atoms with Crippen molar-refractivity contribution in [3.05, 3.63) is 29.8 Å². The fraction of sp³-hybridized carbons (Fsp3) is 0.462. The minimum atomic E-state index is 0.0396. The van der Waals surface area contributed by atoms with Gasteiger partial charge < -0.3 is 10.2 Å². The number of hydrogen-bond donors (Lipinski definition) is 1. The molecule has 17 heavy (non-hydrogen) atoms. The number of carbonyl (C=O) groups is 1. The van der Waals surface area contributed by atoms with E-state index in [2.05, 4.69) is 11.6 Å². The number of nitrogens with one attached hydrogen (secondary N) is 1. The van der Waals surface area contributed by atoms with E-state index in [1.807, 2.05) is 36.0 Å². The molecule has 1 amide bonds. The van der Waals surface area contributed by atoms with Crippen LogP contribution in [0.1, 0.15) is 16.8 Å². The second kappa shape index (κ2) is 7.22. The molecule has 0 fully saturated rings. The van der Waals surface area contributed by atoms with Crippen LogP contribution in [0.2, 0.25) is 0 Å². The van der Waals surface area contributed by atoms with Crippen molar-refractivity contribution in [2.45, 2.75) is 6.42 Å². The number of thioether (sulfide) groups is 1. The van der Waals surface area contributed by atoms with E-state index in [9.17, 15) is 4.79 Å². The third kappa shape index (κ3) is 4.69. The van der Waals surface area contributed by atoms with Gasteiger partial charge in [0, 0.05) is 31.9 Å². The molecular formula is C13H20N2OS. The van der Waals surface area contributed by atoms with Crippen LogP contribution in [-0.4, -0.2) is 43.5 Å². The number of amides is 1. The van der Waals surface area contributed by atoms with E-state index in [1.165, 1.54) is 0 Å². The van der Waals surface area contributed by atoms with Gasteiger partial charge in [-0.3, -0.25) is 4.79 Å². The largest absolute Gasteiger partial charge is 0.385 e. The Morgan fingerprint density at radius 2 is 2.18 bits per heavy atom. The van der Waals surface area contributed by atoms with Gasteiger partial charge in [0.2, 0.25) is 0 Å². The second-order valence-corrected chi connectivity index (χ2v) is 5.04. The first-order chi connectivity index (χ1) is 8.15. The standard InChI is InChI=1S/C13H20N2OS/c1-15(2)13(16)11-6-4-7-12(10-11)14-8-5-9-17-3/h4,6-7,10,14H,5,8-9H2,1-3H3. The quantitative estimate of drug-likeness (QED) is 0.790. The lowest BCUT2D eigenvalue weighted by molar-refractivity contribution is 0.0827. The van der Waals surface area contributed by atoms with Crippen LogP contribution >= 0.6 is 11.8 Å². The van der Waals surface area contributed by atoms with Crippen LogP contribution in [0.5, 0.6) is 0 Å². The van der Waals surface area contributed by atoms with Gasteiger partial charge in [-0.05, 0) is 36.6 Å². The van der Waals surface area contributed by atoms with Crippen LogP contribution in [0.3, 0.4) is 0 Å². The van der Waals surface area contributed by atoms with Crippen LogP contribution in [0.25, 0.3) is 0 Å². The SMILES string of the molecule is CSCCCNc1cccc(C(=O)N(C)C)c1. The molecule has 3 nitrogen and oxygen atoms in total. The van der Waals surface area contributed by atoms with Gasteiger partial charge in [0.1, 0.15) is 0 Å². The first-order valence-corrected chi connectivity index (χ1v) is 7.09. The maximum Gasteiger partial charge on any atom is 0.253 e. The summed E-state index contributed by atoms with van der Waals surface area (Å²) < 4.78 is 0. The van der Waals surface area contributed by atoms with E-state index >= 15 is 0 Å². The normalized spacial score (nSPS) is 10.1. The average molecular weight is 252 g/mol. The van der Waals surface area contributed by atoms with Gasteiger partial charge in [0.05, 0.1) is 0 Å². The summed E-state index contributed by atoms with van der Waals surface area (Å²) in [7, 11) is 3.53. The van der Waals surface area contributed by atoms with E-state index in [0.717, 1.165) is 30.0 Å². The second-order valence-electron chi connectivity index (χ2n) is 4.05. The van der Waals surface area contributed by atoms with Gasteiger partial charge in [0.25, 0.3) is 5.91 Å². The minimum Gasteiger partial charge on any atom is -0.385 e. The smallest absolute Gasteiger partial charge is 0.253 e. The predicted octanol–water partition coefficient (Wildman–Crippen LogP) is 2.55. The molecule has 0 aliphatic heterocycles. The van der Waals surface area contributed by atoms with Crippen molar-refractivity contribution in [3.63, 3.8) is 0 Å². The minimum absolute atomic E-state index is 0.0396. The van der Waals surface area contributed by atoms with Crippen molar-refractivity contribution in [1.82, 2.24) is 4.90 Å². The molecule has 0 radical (unpaired) electrons. The molecule has 0 aliphatic rings. The summed E-state index contributed by atoms with van der Waals surface area (Å²) in [6.45, 7) is 0.945. The summed E-state index contributed by atoms with van der Waals surface area (Å²) in [5, 5.41) is 3.33. The van der Waals surface area contributed by atoms with E-state index < -0.39 is 0 Å². The summed E-state index contributed by atoms with van der Waals surface area (Å²) in [6, 6.07) is 7.65. The van der Waals surface area contributed by atoms with E-state index in [-0.39, 0.29) is 5.91 Å². The number of anilines is 1. The van der Waals surface area contributed by atoms with Crippen LogP contribution in [0.15, 0.2) is 24.3 Å². The van der Waals surface area contributed by atoms with Crippen molar-refractivity contribution in [3.8, 4) is 0 Å². The average Bonchev–Trinajstić information content (AvgIpc) is 2.34. The summed E-state index contributed by atoms with van der Waals surface area (Å²) in [6.07, 6.45) is 3.24. The highest BCUT2D eigenvalue weighted by molar-refractivity contribution is 7.98. The van der Waals surface area contributed by atoms with Crippen molar-refractivity contribution < 1.29 is 4.79 Å². The van der Waals surface area contributed by atoms with Crippen molar-refractivity contribution in [2.24, 2.45) is 0 Å². The molecule has 1 N–H and O–H groups in total. The molecule has 1 aromatic carbocycles. The Bertz CT molecular complexity index is 366. The lowest BCUT2D eigenvalue weighted by Gasteiger charge is -2.12. The fourth-order valence-electron chi connectivity index (χ4n) is 1.47. The van der Waals surface area contributed by atoms with Gasteiger partial charge in [0.15, 0.2) is 0 Å². The molecule has 0 aromatic heterocycles. The lowest BCUT2D eigenvalue weighted by atomic mass is 10.2. The van der Waals surface area contributed by atoms with Gasteiger partial charge >= 0.3 is 0 Å². The highest BCUT2D eigenvalue weighted by Gasteiger charge is 2.07. The number of carbonyl (C=O) groups excluding carboxylic acids is 1. The Hall–Kier alpha value is -1.16. The first-order valence-electron chi connectivity index (χ1n) is 5.69. The third-order valence-corrected chi connectivity index (χ3v) is 3.07. The number of nitrogens with zero attached hydrogens (tertiary/aromatic N) is 1. The van der Waals surface area contributed by atoms with Gasteiger partial charge in [-0.1, -0.05) is 6.07 Å². The number of benzene rings is 1. The zero-order valence-electron chi connectivity index (χ0n) is 10.7. The van der Waals surface area contributed by atoms with E-state index in [4.69, 9.17) is 0 Å². The van der Waals surface area contributed by atoms with E-state index in [1.54, 1.807) is 19.0 Å². The van der Waals surface area contributed by atoms with Gasteiger partial charge in [-0.15, -0.1) is 0 Å². The molecule has 0 saturated carbocycles. The molecule has 0 unspecified atom stereocenters. The highest BCUT2D eigenvalue weighted by atomic mass is 32.2. The molecule has 0 saturated heterocycles. The Morgan fingerprint density at radius 3 is 2.82 bits per heavy atom. The fourth-order valence-corrected chi connectivity index (χ4v) is 1.90.